The van der Waals surface area contributed by atoms with Crippen molar-refractivity contribution in [1.29, 1.82) is 0 Å². The van der Waals surface area contributed by atoms with Crippen LogP contribution in [0.3, 0.4) is 0 Å². The van der Waals surface area contributed by atoms with Gasteiger partial charge in [0.25, 0.3) is 0 Å². The van der Waals surface area contributed by atoms with E-state index in [4.69, 9.17) is 0 Å². The van der Waals surface area contributed by atoms with Gasteiger partial charge in [-0.1, -0.05) is 31.2 Å². The largest absolute Gasteiger partial charge is 0.195 e. The highest BCUT2D eigenvalue weighted by molar-refractivity contribution is 7.78. The van der Waals surface area contributed by atoms with Gasteiger partial charge in [0.2, 0.25) is 0 Å². The monoisotopic (exact) mass is 271 g/mol. The number of rotatable bonds is 4. The Morgan fingerprint density at radius 1 is 1.21 bits per heavy atom. The lowest BCUT2D eigenvalue weighted by Crippen LogP contribution is -2.11. The molecule has 1 nitrogen and oxygen atoms in total. The second kappa shape index (κ2) is 7.37. The van der Waals surface area contributed by atoms with E-state index in [0.717, 1.165) is 23.9 Å². The summed E-state index contributed by atoms with van der Waals surface area (Å²) in [5, 5.41) is 2.41. The van der Waals surface area contributed by atoms with E-state index in [1.807, 2.05) is 12.1 Å². The van der Waals surface area contributed by atoms with E-state index in [1.54, 1.807) is 0 Å². The van der Waals surface area contributed by atoms with Crippen LogP contribution >= 0.6 is 12.2 Å². The molecular weight excluding hydrogens is 250 g/mol. The van der Waals surface area contributed by atoms with E-state index >= 15 is 0 Å². The summed E-state index contributed by atoms with van der Waals surface area (Å²) in [5.41, 5.74) is 2.35. The smallest absolute Gasteiger partial charge is 0.0739 e. The molecule has 0 heterocycles. The molecule has 0 N–H and O–H groups in total. The van der Waals surface area contributed by atoms with Crippen molar-refractivity contribution in [2.24, 2.45) is 10.9 Å². The minimum Gasteiger partial charge on any atom is -0.195 e. The second-order valence-corrected chi connectivity index (χ2v) is 5.43. The molecule has 19 heavy (non-hydrogen) atoms. The number of allylic oxidation sites excluding steroid dienone is 2. The predicted octanol–water partition coefficient (Wildman–Crippen LogP) is 5.66. The normalized spacial score (nSPS) is 23.2. The lowest BCUT2D eigenvalue weighted by atomic mass is 9.78. The van der Waals surface area contributed by atoms with E-state index in [0.29, 0.717) is 0 Å². The maximum atomic E-state index is 4.62. The average molecular weight is 271 g/mol. The molecule has 2 heteroatoms. The summed E-state index contributed by atoms with van der Waals surface area (Å²) >= 11 is 4.62. The van der Waals surface area contributed by atoms with Gasteiger partial charge >= 0.3 is 0 Å². The van der Waals surface area contributed by atoms with Crippen LogP contribution in [0.2, 0.25) is 0 Å². The van der Waals surface area contributed by atoms with E-state index in [2.05, 4.69) is 53.6 Å². The first kappa shape index (κ1) is 14.2. The third-order valence-corrected chi connectivity index (χ3v) is 4.05. The van der Waals surface area contributed by atoms with Crippen LogP contribution in [0.5, 0.6) is 0 Å². The molecule has 1 aromatic rings. The van der Waals surface area contributed by atoms with Gasteiger partial charge in [-0.05, 0) is 73.9 Å². The Morgan fingerprint density at radius 3 is 2.47 bits per heavy atom. The Hall–Kier alpha value is -1.24. The van der Waals surface area contributed by atoms with Crippen LogP contribution in [0.1, 0.15) is 50.5 Å². The molecule has 0 unspecified atom stereocenters. The number of aliphatic imine (C=N–C) groups is 1. The lowest BCUT2D eigenvalue weighted by molar-refractivity contribution is 0.375. The van der Waals surface area contributed by atoms with Crippen molar-refractivity contribution in [3.8, 4) is 0 Å². The molecule has 0 amide bonds. The number of hydrogen-bond donors (Lipinski definition) is 0. The fraction of sp³-hybridized carbons (Fsp3) is 0.471. The summed E-state index contributed by atoms with van der Waals surface area (Å²) in [6.07, 6.45) is 11.1. The number of benzene rings is 1. The zero-order valence-corrected chi connectivity index (χ0v) is 12.3. The third-order valence-electron chi connectivity index (χ3n) is 3.96. The van der Waals surface area contributed by atoms with Gasteiger partial charge in [0.1, 0.15) is 0 Å². The molecule has 0 saturated heterocycles. The van der Waals surface area contributed by atoms with Crippen LogP contribution in [0.4, 0.5) is 5.69 Å². The van der Waals surface area contributed by atoms with Crippen LogP contribution in [0.15, 0.2) is 41.4 Å². The van der Waals surface area contributed by atoms with E-state index in [-0.39, 0.29) is 0 Å². The Balaban J connectivity index is 1.93. The van der Waals surface area contributed by atoms with Gasteiger partial charge in [-0.25, -0.2) is 0 Å². The highest BCUT2D eigenvalue weighted by Crippen LogP contribution is 2.36. The average Bonchev–Trinajstić information content (AvgIpc) is 2.47. The summed E-state index contributed by atoms with van der Waals surface area (Å²) in [4.78, 5) is 3.99. The maximum Gasteiger partial charge on any atom is 0.0739 e. The highest BCUT2D eigenvalue weighted by Gasteiger charge is 2.20. The summed E-state index contributed by atoms with van der Waals surface area (Å²) in [6.45, 7) is 2.20. The minimum atomic E-state index is 0.719. The van der Waals surface area contributed by atoms with Crippen LogP contribution < -0.4 is 0 Å². The molecule has 1 saturated carbocycles. The Morgan fingerprint density at radius 2 is 1.89 bits per heavy atom. The molecule has 2 rings (SSSR count). The van der Waals surface area contributed by atoms with Crippen molar-refractivity contribution < 1.29 is 0 Å². The first-order valence-corrected chi connectivity index (χ1v) is 7.58. The summed E-state index contributed by atoms with van der Waals surface area (Å²) in [5.74, 6) is 1.52. The maximum absolute atomic E-state index is 4.62. The summed E-state index contributed by atoms with van der Waals surface area (Å²) < 4.78 is 0. The molecule has 0 spiro atoms. The number of thiocarbonyl (C=S) groups is 1. The molecule has 0 bridgehead atoms. The zero-order valence-electron chi connectivity index (χ0n) is 11.5. The van der Waals surface area contributed by atoms with Crippen molar-refractivity contribution in [3.63, 3.8) is 0 Å². The van der Waals surface area contributed by atoms with Gasteiger partial charge in [-0.15, -0.1) is 0 Å². The van der Waals surface area contributed by atoms with Crippen molar-refractivity contribution in [2.45, 2.75) is 44.9 Å². The van der Waals surface area contributed by atoms with Crippen molar-refractivity contribution >= 4 is 23.1 Å². The Kier molecular flexibility index (Phi) is 5.50. The third kappa shape index (κ3) is 4.12. The van der Waals surface area contributed by atoms with Crippen molar-refractivity contribution in [1.82, 2.24) is 0 Å². The molecule has 1 aliphatic carbocycles. The summed E-state index contributed by atoms with van der Waals surface area (Å²) in [6, 6.07) is 8.46. The van der Waals surface area contributed by atoms with E-state index in [9.17, 15) is 0 Å². The van der Waals surface area contributed by atoms with Gasteiger partial charge in [-0.2, -0.15) is 4.99 Å². The zero-order chi connectivity index (χ0) is 13.5. The minimum absolute atomic E-state index is 0.719. The van der Waals surface area contributed by atoms with Gasteiger partial charge in [0.05, 0.1) is 10.8 Å². The van der Waals surface area contributed by atoms with Crippen LogP contribution in [0, 0.1) is 5.92 Å². The van der Waals surface area contributed by atoms with Gasteiger partial charge in [0.15, 0.2) is 0 Å². The molecule has 0 aliphatic heterocycles. The SMILES string of the molecule is CC/C=C/[C@H]1CC[C@H](c2ccc(N=C=S)cc2)CC1. The van der Waals surface area contributed by atoms with Crippen molar-refractivity contribution in [3.05, 3.63) is 42.0 Å². The van der Waals surface area contributed by atoms with Crippen LogP contribution in [-0.4, -0.2) is 5.16 Å². The molecular formula is C17H21NS. The Bertz CT molecular complexity index is 461. The molecule has 0 radical (unpaired) electrons. The first-order valence-electron chi connectivity index (χ1n) is 7.18. The number of hydrogen-bond acceptors (Lipinski definition) is 2. The van der Waals surface area contributed by atoms with Crippen LogP contribution in [-0.2, 0) is 0 Å². The lowest BCUT2D eigenvalue weighted by Gasteiger charge is -2.27. The van der Waals surface area contributed by atoms with E-state index in [1.165, 1.54) is 31.2 Å². The fourth-order valence-electron chi connectivity index (χ4n) is 2.85. The highest BCUT2D eigenvalue weighted by atomic mass is 32.1. The van der Waals surface area contributed by atoms with E-state index < -0.39 is 0 Å². The molecule has 1 aromatic carbocycles. The molecule has 0 atom stereocenters. The van der Waals surface area contributed by atoms with Crippen LogP contribution in [0.25, 0.3) is 0 Å². The molecule has 1 fully saturated rings. The van der Waals surface area contributed by atoms with Gasteiger partial charge in [0, 0.05) is 0 Å². The number of isothiocyanates is 1. The second-order valence-electron chi connectivity index (χ2n) is 5.24. The number of nitrogens with zero attached hydrogens (tertiary/aromatic N) is 1. The molecule has 1 aliphatic rings. The quantitative estimate of drug-likeness (QED) is 0.391. The summed E-state index contributed by atoms with van der Waals surface area (Å²) in [7, 11) is 0. The Labute approximate surface area is 121 Å². The first-order chi connectivity index (χ1) is 9.33. The van der Waals surface area contributed by atoms with Crippen molar-refractivity contribution in [2.75, 3.05) is 0 Å². The fourth-order valence-corrected chi connectivity index (χ4v) is 2.95. The standard InChI is InChI=1S/C17H21NS/c1-2-3-4-14-5-7-15(8-6-14)16-9-11-17(12-10-16)18-13-19/h3-4,9-12,14-15H,2,5-8H2,1H3/b4-3+/t14-,15-. The van der Waals surface area contributed by atoms with Gasteiger partial charge in [-0.3, -0.25) is 0 Å². The topological polar surface area (TPSA) is 12.4 Å². The molecule has 100 valence electrons. The van der Waals surface area contributed by atoms with Gasteiger partial charge < -0.3 is 0 Å². The predicted molar refractivity (Wildman–Crippen MR) is 85.3 cm³/mol. The molecule has 0 aromatic heterocycles.